The number of rotatable bonds is 8. The highest BCUT2D eigenvalue weighted by molar-refractivity contribution is 6.30. The molecule has 2 aromatic carbocycles. The molecule has 0 saturated heterocycles. The van der Waals surface area contributed by atoms with Crippen molar-refractivity contribution in [2.24, 2.45) is 0 Å². The van der Waals surface area contributed by atoms with E-state index in [0.717, 1.165) is 11.1 Å². The van der Waals surface area contributed by atoms with E-state index in [2.05, 4.69) is 10.4 Å². The van der Waals surface area contributed by atoms with Gasteiger partial charge in [-0.1, -0.05) is 29.8 Å². The fourth-order valence-electron chi connectivity index (χ4n) is 2.93. The lowest BCUT2D eigenvalue weighted by Gasteiger charge is -2.17. The molecule has 7 nitrogen and oxygen atoms in total. The molecule has 1 N–H and O–H groups in total. The second-order valence-electron chi connectivity index (χ2n) is 6.99. The van der Waals surface area contributed by atoms with Crippen molar-refractivity contribution in [1.29, 1.82) is 0 Å². The number of nitrogens with one attached hydrogen (secondary N) is 1. The maximum absolute atomic E-state index is 12.4. The molecular weight excluding hydrogens is 418 g/mol. The molecule has 0 fully saturated rings. The van der Waals surface area contributed by atoms with Crippen molar-refractivity contribution in [3.05, 3.63) is 75.5 Å². The quantitative estimate of drug-likeness (QED) is 0.578. The van der Waals surface area contributed by atoms with Gasteiger partial charge in [0.15, 0.2) is 17.6 Å². The van der Waals surface area contributed by atoms with Gasteiger partial charge in [0.25, 0.3) is 11.5 Å². The Morgan fingerprint density at radius 2 is 1.87 bits per heavy atom. The van der Waals surface area contributed by atoms with Crippen LogP contribution < -0.4 is 20.3 Å². The number of benzene rings is 2. The van der Waals surface area contributed by atoms with E-state index in [-0.39, 0.29) is 24.6 Å². The van der Waals surface area contributed by atoms with Crippen molar-refractivity contribution in [3.8, 4) is 22.8 Å². The summed E-state index contributed by atoms with van der Waals surface area (Å²) in [5.41, 5.74) is 2.27. The van der Waals surface area contributed by atoms with E-state index in [1.54, 1.807) is 38.3 Å². The summed E-state index contributed by atoms with van der Waals surface area (Å²) in [5.74, 6) is 0.753. The topological polar surface area (TPSA) is 82.4 Å². The van der Waals surface area contributed by atoms with E-state index in [0.29, 0.717) is 22.2 Å². The predicted octanol–water partition coefficient (Wildman–Crippen LogP) is 3.46. The van der Waals surface area contributed by atoms with Crippen LogP contribution in [0.1, 0.15) is 12.5 Å². The average Bonchev–Trinajstić information content (AvgIpc) is 2.76. The van der Waals surface area contributed by atoms with Gasteiger partial charge in [0.2, 0.25) is 0 Å². The van der Waals surface area contributed by atoms with Crippen molar-refractivity contribution < 1.29 is 14.3 Å². The first kappa shape index (κ1) is 22.4. The van der Waals surface area contributed by atoms with Gasteiger partial charge < -0.3 is 14.8 Å². The molecule has 162 valence electrons. The zero-order valence-corrected chi connectivity index (χ0v) is 18.3. The third-order valence-electron chi connectivity index (χ3n) is 4.62. The summed E-state index contributed by atoms with van der Waals surface area (Å²) in [5, 5.41) is 7.77. The number of ether oxygens (including phenoxy) is 2. The number of hydrogen-bond acceptors (Lipinski definition) is 5. The van der Waals surface area contributed by atoms with Crippen LogP contribution in [0.3, 0.4) is 0 Å². The zero-order valence-electron chi connectivity index (χ0n) is 17.6. The monoisotopic (exact) mass is 441 g/mol. The van der Waals surface area contributed by atoms with Crippen LogP contribution in [0.15, 0.2) is 59.4 Å². The highest BCUT2D eigenvalue weighted by Crippen LogP contribution is 2.28. The van der Waals surface area contributed by atoms with Crippen LogP contribution in [0.2, 0.25) is 5.02 Å². The molecule has 0 radical (unpaired) electrons. The van der Waals surface area contributed by atoms with Crippen LogP contribution in [0.5, 0.6) is 11.5 Å². The third-order valence-corrected chi connectivity index (χ3v) is 4.87. The number of amides is 1. The summed E-state index contributed by atoms with van der Waals surface area (Å²) in [6.07, 6.45) is -0.735. The summed E-state index contributed by atoms with van der Waals surface area (Å²) >= 11 is 5.92. The number of methoxy groups -OCH3 is 1. The standard InChI is InChI=1S/C23H24ClN3O4/c1-15-4-10-20(21(14-15)30-3)31-16(2)23(29)25-12-13-27-22(28)11-9-19(26-27)17-5-7-18(24)8-6-17/h4-11,14,16H,12-13H2,1-3H3,(H,25,29). The number of carbonyl (C=O) groups excluding carboxylic acids is 1. The number of aromatic nitrogens is 2. The van der Waals surface area contributed by atoms with Crippen molar-refractivity contribution in [3.63, 3.8) is 0 Å². The van der Waals surface area contributed by atoms with E-state index in [4.69, 9.17) is 21.1 Å². The Morgan fingerprint density at radius 1 is 1.13 bits per heavy atom. The lowest BCUT2D eigenvalue weighted by atomic mass is 10.1. The second kappa shape index (κ2) is 10.1. The minimum Gasteiger partial charge on any atom is -0.493 e. The highest BCUT2D eigenvalue weighted by Gasteiger charge is 2.16. The molecule has 0 bridgehead atoms. The molecule has 0 spiro atoms. The smallest absolute Gasteiger partial charge is 0.266 e. The number of halogens is 1. The van der Waals surface area contributed by atoms with Crippen LogP contribution in [0.25, 0.3) is 11.3 Å². The molecular formula is C23H24ClN3O4. The molecule has 3 rings (SSSR count). The van der Waals surface area contributed by atoms with E-state index in [1.165, 1.54) is 10.7 Å². The molecule has 1 aromatic heterocycles. The maximum Gasteiger partial charge on any atom is 0.266 e. The predicted molar refractivity (Wildman–Crippen MR) is 120 cm³/mol. The number of aryl methyl sites for hydroxylation is 1. The maximum atomic E-state index is 12.4. The molecule has 0 saturated carbocycles. The van der Waals surface area contributed by atoms with Gasteiger partial charge in [-0.05, 0) is 49.7 Å². The van der Waals surface area contributed by atoms with E-state index in [9.17, 15) is 9.59 Å². The van der Waals surface area contributed by atoms with Crippen LogP contribution in [0.4, 0.5) is 0 Å². The summed E-state index contributed by atoms with van der Waals surface area (Å²) in [7, 11) is 1.55. The molecule has 0 aliphatic heterocycles. The van der Waals surface area contributed by atoms with E-state index in [1.807, 2.05) is 31.2 Å². The van der Waals surface area contributed by atoms with Crippen LogP contribution in [-0.2, 0) is 11.3 Å². The Balaban J connectivity index is 1.59. The first-order chi connectivity index (χ1) is 14.9. The highest BCUT2D eigenvalue weighted by atomic mass is 35.5. The SMILES string of the molecule is COc1cc(C)ccc1OC(C)C(=O)NCCn1nc(-c2ccc(Cl)cc2)ccc1=O. The van der Waals surface area contributed by atoms with E-state index < -0.39 is 6.10 Å². The molecule has 1 amide bonds. The summed E-state index contributed by atoms with van der Waals surface area (Å²) in [4.78, 5) is 24.5. The lowest BCUT2D eigenvalue weighted by molar-refractivity contribution is -0.127. The Morgan fingerprint density at radius 3 is 2.58 bits per heavy atom. The first-order valence-electron chi connectivity index (χ1n) is 9.80. The van der Waals surface area contributed by atoms with Crippen molar-refractivity contribution >= 4 is 17.5 Å². The average molecular weight is 442 g/mol. The molecule has 31 heavy (non-hydrogen) atoms. The zero-order chi connectivity index (χ0) is 22.4. The van der Waals surface area contributed by atoms with Gasteiger partial charge in [-0.25, -0.2) is 4.68 Å². The molecule has 0 aliphatic rings. The van der Waals surface area contributed by atoms with Crippen molar-refractivity contribution in [2.45, 2.75) is 26.5 Å². The van der Waals surface area contributed by atoms with Crippen LogP contribution in [0, 0.1) is 6.92 Å². The summed E-state index contributed by atoms with van der Waals surface area (Å²) in [6.45, 7) is 4.06. The molecule has 1 unspecified atom stereocenters. The van der Waals surface area contributed by atoms with Gasteiger partial charge in [0, 0.05) is 23.2 Å². The second-order valence-corrected chi connectivity index (χ2v) is 7.43. The van der Waals surface area contributed by atoms with Gasteiger partial charge in [-0.3, -0.25) is 9.59 Å². The van der Waals surface area contributed by atoms with Crippen molar-refractivity contribution in [1.82, 2.24) is 15.1 Å². The van der Waals surface area contributed by atoms with Crippen LogP contribution >= 0.6 is 11.6 Å². The Labute approximate surface area is 185 Å². The molecule has 3 aromatic rings. The normalized spacial score (nSPS) is 11.6. The number of hydrogen-bond donors (Lipinski definition) is 1. The fourth-order valence-corrected chi connectivity index (χ4v) is 3.05. The Hall–Kier alpha value is -3.32. The summed E-state index contributed by atoms with van der Waals surface area (Å²) in [6, 6.07) is 15.8. The van der Waals surface area contributed by atoms with Gasteiger partial charge in [-0.2, -0.15) is 5.10 Å². The van der Waals surface area contributed by atoms with Gasteiger partial charge in [0.1, 0.15) is 0 Å². The van der Waals surface area contributed by atoms with Gasteiger partial charge in [-0.15, -0.1) is 0 Å². The summed E-state index contributed by atoms with van der Waals surface area (Å²) < 4.78 is 12.4. The van der Waals surface area contributed by atoms with Crippen molar-refractivity contribution in [2.75, 3.05) is 13.7 Å². The number of carbonyl (C=O) groups is 1. The first-order valence-corrected chi connectivity index (χ1v) is 10.2. The molecule has 1 heterocycles. The molecule has 8 heteroatoms. The largest absolute Gasteiger partial charge is 0.493 e. The number of nitrogens with zero attached hydrogens (tertiary/aromatic N) is 2. The minimum absolute atomic E-state index is 0.229. The molecule has 1 atom stereocenters. The van der Waals surface area contributed by atoms with E-state index >= 15 is 0 Å². The van der Waals surface area contributed by atoms with Crippen LogP contribution in [-0.4, -0.2) is 35.4 Å². The Kier molecular flexibility index (Phi) is 7.31. The lowest BCUT2D eigenvalue weighted by Crippen LogP contribution is -2.39. The Bertz CT molecular complexity index is 1110. The molecule has 0 aliphatic carbocycles. The fraction of sp³-hybridized carbons (Fsp3) is 0.261. The third kappa shape index (κ3) is 5.86. The van der Waals surface area contributed by atoms with Gasteiger partial charge >= 0.3 is 0 Å². The van der Waals surface area contributed by atoms with Gasteiger partial charge in [0.05, 0.1) is 19.3 Å². The minimum atomic E-state index is -0.735.